The molecule has 7 heteroatoms. The van der Waals surface area contributed by atoms with Gasteiger partial charge in [-0.3, -0.25) is 9.79 Å². The molecule has 0 atom stereocenters. The highest BCUT2D eigenvalue weighted by molar-refractivity contribution is 5.87. The molecule has 0 spiro atoms. The van der Waals surface area contributed by atoms with Crippen LogP contribution in [-0.2, 0) is 6.42 Å². The fraction of sp³-hybridized carbons (Fsp3) is 0.111. The normalized spacial score (nSPS) is 13.6. The Morgan fingerprint density at radius 2 is 2.00 bits per heavy atom. The molecule has 1 aliphatic rings. The second kappa shape index (κ2) is 6.27. The van der Waals surface area contributed by atoms with Crippen LogP contribution < -0.4 is 10.5 Å². The van der Waals surface area contributed by atoms with E-state index in [9.17, 15) is 9.18 Å². The molecule has 0 aliphatic carbocycles. The van der Waals surface area contributed by atoms with Crippen LogP contribution in [-0.4, -0.2) is 29.5 Å². The highest BCUT2D eigenvalue weighted by Gasteiger charge is 2.13. The number of H-pyrrole nitrogens is 1. The molecule has 25 heavy (non-hydrogen) atoms. The molecule has 124 valence electrons. The number of rotatable bonds is 3. The van der Waals surface area contributed by atoms with E-state index in [2.05, 4.69) is 20.2 Å². The minimum atomic E-state index is -0.341. The Hall–Kier alpha value is -3.35. The number of benzene rings is 2. The number of hydrogen-bond donors (Lipinski definition) is 1. The highest BCUT2D eigenvalue weighted by Crippen LogP contribution is 2.23. The van der Waals surface area contributed by atoms with Crippen molar-refractivity contribution in [3.63, 3.8) is 0 Å². The maximum absolute atomic E-state index is 14.2. The van der Waals surface area contributed by atoms with Gasteiger partial charge in [0.05, 0.1) is 23.1 Å². The lowest BCUT2D eigenvalue weighted by Crippen LogP contribution is -2.25. The summed E-state index contributed by atoms with van der Waals surface area (Å²) in [6, 6.07) is 12.2. The summed E-state index contributed by atoms with van der Waals surface area (Å²) in [6.07, 6.45) is 3.45. The number of aromatic nitrogens is 2. The maximum Gasteiger partial charge on any atom is 0.272 e. The van der Waals surface area contributed by atoms with Gasteiger partial charge in [-0.05, 0) is 23.8 Å². The first-order valence-electron chi connectivity index (χ1n) is 7.75. The zero-order valence-electron chi connectivity index (χ0n) is 13.2. The summed E-state index contributed by atoms with van der Waals surface area (Å²) in [4.78, 5) is 21.5. The third-order valence-electron chi connectivity index (χ3n) is 4.05. The number of fused-ring (bicyclic) bond motifs is 1. The second-order valence-corrected chi connectivity index (χ2v) is 5.68. The van der Waals surface area contributed by atoms with Gasteiger partial charge in [-0.15, -0.1) is 0 Å². The van der Waals surface area contributed by atoms with Crippen LogP contribution in [0.25, 0.3) is 10.8 Å². The van der Waals surface area contributed by atoms with E-state index in [0.29, 0.717) is 24.2 Å². The van der Waals surface area contributed by atoms with Gasteiger partial charge in [-0.1, -0.05) is 24.3 Å². The van der Waals surface area contributed by atoms with E-state index in [4.69, 9.17) is 0 Å². The van der Waals surface area contributed by atoms with Crippen molar-refractivity contribution < 1.29 is 4.39 Å². The predicted molar refractivity (Wildman–Crippen MR) is 95.9 cm³/mol. The van der Waals surface area contributed by atoms with Crippen LogP contribution in [0.3, 0.4) is 0 Å². The summed E-state index contributed by atoms with van der Waals surface area (Å²) >= 11 is 0. The Morgan fingerprint density at radius 3 is 2.80 bits per heavy atom. The quantitative estimate of drug-likeness (QED) is 0.799. The van der Waals surface area contributed by atoms with Crippen molar-refractivity contribution in [3.05, 3.63) is 69.9 Å². The van der Waals surface area contributed by atoms with E-state index in [1.165, 1.54) is 12.4 Å². The van der Waals surface area contributed by atoms with Gasteiger partial charge >= 0.3 is 0 Å². The van der Waals surface area contributed by atoms with E-state index >= 15 is 0 Å². The molecule has 3 aromatic rings. The Bertz CT molecular complexity index is 1060. The van der Waals surface area contributed by atoms with Crippen LogP contribution in [0, 0.1) is 5.82 Å². The van der Waals surface area contributed by atoms with Gasteiger partial charge in [0.1, 0.15) is 18.8 Å². The molecular weight excluding hydrogens is 321 g/mol. The Labute approximate surface area is 142 Å². The second-order valence-electron chi connectivity index (χ2n) is 5.68. The van der Waals surface area contributed by atoms with Gasteiger partial charge in [0.2, 0.25) is 0 Å². The number of nitrogens with zero attached hydrogens (tertiary/aromatic N) is 4. The van der Waals surface area contributed by atoms with Crippen LogP contribution in [0.4, 0.5) is 10.1 Å². The van der Waals surface area contributed by atoms with Crippen LogP contribution in [0.15, 0.2) is 57.2 Å². The lowest BCUT2D eigenvalue weighted by Gasteiger charge is -2.20. The first-order valence-corrected chi connectivity index (χ1v) is 7.75. The first-order chi connectivity index (χ1) is 12.2. The molecule has 0 unspecified atom stereocenters. The predicted octanol–water partition coefficient (Wildman–Crippen LogP) is 2.49. The van der Waals surface area contributed by atoms with E-state index in [0.717, 1.165) is 16.6 Å². The zero-order chi connectivity index (χ0) is 17.2. The molecule has 2 heterocycles. The summed E-state index contributed by atoms with van der Waals surface area (Å²) in [6.45, 7) is 0.323. The summed E-state index contributed by atoms with van der Waals surface area (Å²) in [7, 11) is 0. The molecule has 1 aliphatic heterocycles. The van der Waals surface area contributed by atoms with Crippen molar-refractivity contribution in [2.24, 2.45) is 9.98 Å². The fourth-order valence-electron chi connectivity index (χ4n) is 2.84. The van der Waals surface area contributed by atoms with E-state index < -0.39 is 0 Å². The van der Waals surface area contributed by atoms with E-state index in [-0.39, 0.29) is 11.4 Å². The number of aromatic amines is 1. The van der Waals surface area contributed by atoms with Crippen molar-refractivity contribution in [3.8, 4) is 0 Å². The smallest absolute Gasteiger partial charge is 0.272 e. The summed E-state index contributed by atoms with van der Waals surface area (Å²) < 4.78 is 14.2. The van der Waals surface area contributed by atoms with Gasteiger partial charge in [0.15, 0.2) is 0 Å². The van der Waals surface area contributed by atoms with Crippen LogP contribution in [0.1, 0.15) is 11.3 Å². The van der Waals surface area contributed by atoms with E-state index in [1.807, 2.05) is 18.2 Å². The fourth-order valence-corrected chi connectivity index (χ4v) is 2.84. The Balaban J connectivity index is 1.72. The molecule has 0 saturated carbocycles. The van der Waals surface area contributed by atoms with Gasteiger partial charge < -0.3 is 4.90 Å². The molecule has 1 aromatic heterocycles. The molecule has 0 amide bonds. The zero-order valence-corrected chi connectivity index (χ0v) is 13.2. The topological polar surface area (TPSA) is 73.7 Å². The third kappa shape index (κ3) is 2.91. The number of aliphatic imine (C=N–C) groups is 2. The summed E-state index contributed by atoms with van der Waals surface area (Å²) in [5.41, 5.74) is 1.80. The lowest BCUT2D eigenvalue weighted by atomic mass is 10.0. The highest BCUT2D eigenvalue weighted by atomic mass is 19.1. The van der Waals surface area contributed by atoms with Crippen LogP contribution in [0.2, 0.25) is 0 Å². The summed E-state index contributed by atoms with van der Waals surface area (Å²) in [5.74, 6) is -0.341. The molecular formula is C18H14FN5O. The van der Waals surface area contributed by atoms with Crippen molar-refractivity contribution >= 4 is 29.1 Å². The van der Waals surface area contributed by atoms with Crippen molar-refractivity contribution in [2.75, 3.05) is 11.6 Å². The maximum atomic E-state index is 14.2. The number of hydrogen-bond acceptors (Lipinski definition) is 5. The van der Waals surface area contributed by atoms with Gasteiger partial charge in [-0.2, -0.15) is 5.10 Å². The minimum Gasteiger partial charge on any atom is -0.309 e. The van der Waals surface area contributed by atoms with Crippen molar-refractivity contribution in [1.29, 1.82) is 0 Å². The van der Waals surface area contributed by atoms with Crippen LogP contribution in [0.5, 0.6) is 0 Å². The van der Waals surface area contributed by atoms with E-state index in [1.54, 1.807) is 29.4 Å². The average Bonchev–Trinajstić information content (AvgIpc) is 2.66. The standard InChI is InChI=1S/C18H14FN5O/c19-15-6-5-12(8-17(15)24-10-20-9-21-11-24)7-16-13-3-1-2-4-14(13)18(25)23-22-16/h1-6,8-10H,7,11H2,(H,23,25). The summed E-state index contributed by atoms with van der Waals surface area (Å²) in [5, 5.41) is 8.08. The molecule has 6 nitrogen and oxygen atoms in total. The lowest BCUT2D eigenvalue weighted by molar-refractivity contribution is 0.625. The minimum absolute atomic E-state index is 0.221. The molecule has 2 aromatic carbocycles. The molecule has 1 N–H and O–H groups in total. The first kappa shape index (κ1) is 15.2. The van der Waals surface area contributed by atoms with Gasteiger partial charge in [-0.25, -0.2) is 14.5 Å². The molecule has 0 fully saturated rings. The Kier molecular flexibility index (Phi) is 3.81. The van der Waals surface area contributed by atoms with Crippen LogP contribution >= 0.6 is 0 Å². The van der Waals surface area contributed by atoms with Crippen molar-refractivity contribution in [1.82, 2.24) is 10.2 Å². The SMILES string of the molecule is O=c1[nH]nc(Cc2ccc(F)c(N3C=NC=NC3)c2)c2ccccc12. The Morgan fingerprint density at radius 1 is 1.16 bits per heavy atom. The van der Waals surface area contributed by atoms with Gasteiger partial charge in [0.25, 0.3) is 5.56 Å². The number of nitrogens with one attached hydrogen (secondary N) is 1. The molecule has 4 rings (SSSR count). The number of anilines is 1. The average molecular weight is 335 g/mol. The molecule has 0 radical (unpaired) electrons. The third-order valence-corrected chi connectivity index (χ3v) is 4.05. The monoisotopic (exact) mass is 335 g/mol. The largest absolute Gasteiger partial charge is 0.309 e. The van der Waals surface area contributed by atoms with Gasteiger partial charge in [0, 0.05) is 11.8 Å². The molecule has 0 bridgehead atoms. The molecule has 0 saturated heterocycles. The number of halogens is 1. The van der Waals surface area contributed by atoms with Crippen molar-refractivity contribution in [2.45, 2.75) is 6.42 Å².